The summed E-state index contributed by atoms with van der Waals surface area (Å²) >= 11 is 0. The second-order valence-corrected chi connectivity index (χ2v) is 5.25. The molecular formula is C16H25NO2. The lowest BCUT2D eigenvalue weighted by atomic mass is 10.2. The van der Waals surface area contributed by atoms with Gasteiger partial charge in [-0.25, -0.2) is 0 Å². The highest BCUT2D eigenvalue weighted by Crippen LogP contribution is 2.21. The van der Waals surface area contributed by atoms with Crippen LogP contribution in [0.1, 0.15) is 37.7 Å². The number of hydrogen-bond acceptors (Lipinski definition) is 3. The maximum atomic E-state index is 5.92. The molecule has 1 aromatic rings. The first-order valence-corrected chi connectivity index (χ1v) is 7.35. The van der Waals surface area contributed by atoms with Crippen LogP contribution < -0.4 is 5.73 Å². The first kappa shape index (κ1) is 14.5. The van der Waals surface area contributed by atoms with Crippen molar-refractivity contribution in [3.8, 4) is 0 Å². The predicted octanol–water partition coefficient (Wildman–Crippen LogP) is 2.88. The zero-order chi connectivity index (χ0) is 13.3. The molecule has 2 fully saturated rings. The quantitative estimate of drug-likeness (QED) is 0.912. The Kier molecular flexibility index (Phi) is 6.34. The number of ether oxygens (including phenoxy) is 2. The van der Waals surface area contributed by atoms with Crippen LogP contribution in [0.3, 0.4) is 0 Å². The largest absolute Gasteiger partial charge is 0.381 e. The Morgan fingerprint density at radius 1 is 1.05 bits per heavy atom. The highest BCUT2D eigenvalue weighted by molar-refractivity contribution is 5.13. The maximum Gasteiger partial charge on any atom is 0.0730 e. The van der Waals surface area contributed by atoms with E-state index in [1.54, 1.807) is 0 Å². The average Bonchev–Trinajstić information content (AvgIpc) is 3.12. The highest BCUT2D eigenvalue weighted by Gasteiger charge is 2.24. The summed E-state index contributed by atoms with van der Waals surface area (Å²) in [7, 11) is 0. The van der Waals surface area contributed by atoms with Crippen molar-refractivity contribution < 1.29 is 9.47 Å². The van der Waals surface area contributed by atoms with Gasteiger partial charge in [0.15, 0.2) is 0 Å². The fraction of sp³-hybridized carbons (Fsp3) is 0.625. The Morgan fingerprint density at radius 2 is 1.79 bits per heavy atom. The van der Waals surface area contributed by atoms with E-state index < -0.39 is 0 Å². The summed E-state index contributed by atoms with van der Waals surface area (Å²) in [5.41, 5.74) is 7.15. The van der Waals surface area contributed by atoms with E-state index in [1.165, 1.54) is 24.8 Å². The Labute approximate surface area is 116 Å². The minimum Gasteiger partial charge on any atom is -0.381 e. The zero-order valence-electron chi connectivity index (χ0n) is 11.6. The molecule has 2 unspecified atom stereocenters. The van der Waals surface area contributed by atoms with Gasteiger partial charge in [-0.2, -0.15) is 0 Å². The minimum absolute atomic E-state index is 0.249. The summed E-state index contributed by atoms with van der Waals surface area (Å²) in [6.45, 7) is 2.69. The maximum absolute atomic E-state index is 5.92. The van der Waals surface area contributed by atoms with Gasteiger partial charge in [-0.3, -0.25) is 0 Å². The summed E-state index contributed by atoms with van der Waals surface area (Å²) in [4.78, 5) is 0. The fourth-order valence-corrected chi connectivity index (χ4v) is 2.45. The second kappa shape index (κ2) is 8.31. The van der Waals surface area contributed by atoms with E-state index in [0.717, 1.165) is 26.1 Å². The molecule has 3 rings (SSSR count). The molecule has 0 aromatic heterocycles. The third kappa shape index (κ3) is 5.31. The van der Waals surface area contributed by atoms with E-state index in [4.69, 9.17) is 15.2 Å². The van der Waals surface area contributed by atoms with E-state index in [1.807, 2.05) is 18.2 Å². The lowest BCUT2D eigenvalue weighted by molar-refractivity contribution is 0.0357. The van der Waals surface area contributed by atoms with Crippen molar-refractivity contribution in [2.24, 2.45) is 5.73 Å². The molecule has 0 bridgehead atoms. The lowest BCUT2D eigenvalue weighted by Gasteiger charge is -2.16. The van der Waals surface area contributed by atoms with Gasteiger partial charge in [-0.15, -0.1) is 0 Å². The predicted molar refractivity (Wildman–Crippen MR) is 76.9 cm³/mol. The summed E-state index contributed by atoms with van der Waals surface area (Å²) in [5, 5.41) is 0. The van der Waals surface area contributed by atoms with Crippen LogP contribution in [0.15, 0.2) is 30.3 Å². The number of hydrogen-bond donors (Lipinski definition) is 1. The summed E-state index contributed by atoms with van der Waals surface area (Å²) in [6, 6.07) is 10.5. The molecule has 0 spiro atoms. The first-order valence-electron chi connectivity index (χ1n) is 7.35. The van der Waals surface area contributed by atoms with E-state index in [-0.39, 0.29) is 12.1 Å². The molecule has 0 amide bonds. The van der Waals surface area contributed by atoms with Crippen LogP contribution in [0.4, 0.5) is 0 Å². The number of nitrogens with two attached hydrogens (primary N) is 1. The third-order valence-corrected chi connectivity index (χ3v) is 3.64. The molecule has 2 atom stereocenters. The molecule has 1 aromatic carbocycles. The first-order chi connectivity index (χ1) is 9.36. The smallest absolute Gasteiger partial charge is 0.0730 e. The Morgan fingerprint density at radius 3 is 2.32 bits per heavy atom. The number of rotatable bonds is 3. The van der Waals surface area contributed by atoms with Crippen molar-refractivity contribution in [2.75, 3.05) is 13.2 Å². The monoisotopic (exact) mass is 263 g/mol. The zero-order valence-corrected chi connectivity index (χ0v) is 11.6. The second-order valence-electron chi connectivity index (χ2n) is 5.25. The molecule has 0 radical (unpaired) electrons. The van der Waals surface area contributed by atoms with Crippen LogP contribution in [-0.2, 0) is 16.1 Å². The van der Waals surface area contributed by atoms with Gasteiger partial charge in [0.25, 0.3) is 0 Å². The van der Waals surface area contributed by atoms with Crippen molar-refractivity contribution in [1.82, 2.24) is 0 Å². The van der Waals surface area contributed by atoms with Crippen LogP contribution in [-0.4, -0.2) is 25.4 Å². The fourth-order valence-electron chi connectivity index (χ4n) is 2.45. The van der Waals surface area contributed by atoms with Crippen molar-refractivity contribution >= 4 is 0 Å². The van der Waals surface area contributed by atoms with Gasteiger partial charge in [-0.05, 0) is 37.7 Å². The molecule has 2 N–H and O–H groups in total. The molecule has 106 valence electrons. The summed E-state index contributed by atoms with van der Waals surface area (Å²) < 4.78 is 10.7. The summed E-state index contributed by atoms with van der Waals surface area (Å²) in [5.74, 6) is 0. The Balaban J connectivity index is 0.000000224. The van der Waals surface area contributed by atoms with Crippen LogP contribution in [0.5, 0.6) is 0 Å². The lowest BCUT2D eigenvalue weighted by Crippen LogP contribution is -2.31. The van der Waals surface area contributed by atoms with E-state index in [0.29, 0.717) is 6.61 Å². The molecular weight excluding hydrogens is 238 g/mol. The van der Waals surface area contributed by atoms with Gasteiger partial charge in [0.1, 0.15) is 0 Å². The minimum atomic E-state index is 0.249. The Bertz CT molecular complexity index is 330. The van der Waals surface area contributed by atoms with Crippen molar-refractivity contribution in [1.29, 1.82) is 0 Å². The molecule has 3 nitrogen and oxygen atoms in total. The average molecular weight is 263 g/mol. The molecule has 3 heteroatoms. The van der Waals surface area contributed by atoms with Gasteiger partial charge in [-0.1, -0.05) is 30.3 Å². The van der Waals surface area contributed by atoms with Gasteiger partial charge >= 0.3 is 0 Å². The highest BCUT2D eigenvalue weighted by atomic mass is 16.5. The normalized spacial score (nSPS) is 25.9. The standard InChI is InChI=1S/C12H17NO.C4H8O/c13-11-7-4-8-12(11)14-9-10-5-2-1-3-6-10;1-2-4-5-3-1/h1-3,5-6,11-12H,4,7-9,13H2;1-4H2. The van der Waals surface area contributed by atoms with Crippen molar-refractivity contribution in [3.63, 3.8) is 0 Å². The molecule has 1 saturated heterocycles. The molecule has 1 heterocycles. The van der Waals surface area contributed by atoms with Crippen LogP contribution in [0.2, 0.25) is 0 Å². The molecule has 1 aliphatic carbocycles. The van der Waals surface area contributed by atoms with Crippen LogP contribution in [0, 0.1) is 0 Å². The van der Waals surface area contributed by atoms with E-state index >= 15 is 0 Å². The van der Waals surface area contributed by atoms with Gasteiger partial charge < -0.3 is 15.2 Å². The number of benzene rings is 1. The van der Waals surface area contributed by atoms with Crippen molar-refractivity contribution in [2.45, 2.75) is 50.9 Å². The summed E-state index contributed by atoms with van der Waals surface area (Å²) in [6.07, 6.45) is 6.27. The molecule has 19 heavy (non-hydrogen) atoms. The van der Waals surface area contributed by atoms with Gasteiger partial charge in [0.2, 0.25) is 0 Å². The SMILES string of the molecule is C1CCOC1.NC1CCCC1OCc1ccccc1. The van der Waals surface area contributed by atoms with Crippen LogP contribution in [0.25, 0.3) is 0 Å². The molecule has 1 aliphatic heterocycles. The van der Waals surface area contributed by atoms with Gasteiger partial charge in [0.05, 0.1) is 12.7 Å². The third-order valence-electron chi connectivity index (χ3n) is 3.64. The van der Waals surface area contributed by atoms with E-state index in [9.17, 15) is 0 Å². The van der Waals surface area contributed by atoms with Crippen LogP contribution >= 0.6 is 0 Å². The molecule has 2 aliphatic rings. The van der Waals surface area contributed by atoms with Crippen molar-refractivity contribution in [3.05, 3.63) is 35.9 Å². The molecule has 1 saturated carbocycles. The Hall–Kier alpha value is -0.900. The van der Waals surface area contributed by atoms with Gasteiger partial charge in [0, 0.05) is 19.3 Å². The topological polar surface area (TPSA) is 44.5 Å². The van der Waals surface area contributed by atoms with E-state index in [2.05, 4.69) is 12.1 Å².